The molecule has 43 heavy (non-hydrogen) atoms. The van der Waals surface area contributed by atoms with Crippen molar-refractivity contribution in [3.05, 3.63) is 83.2 Å². The number of carbonyl (C=O) groups excluding carboxylic acids is 1. The van der Waals surface area contributed by atoms with Gasteiger partial charge >= 0.3 is 11.8 Å². The second-order valence-electron chi connectivity index (χ2n) is 11.1. The number of nitrogens with one attached hydrogen (secondary N) is 2. The quantitative estimate of drug-likeness (QED) is 0.0878. The van der Waals surface area contributed by atoms with E-state index in [1.165, 1.54) is 30.2 Å². The van der Waals surface area contributed by atoms with Gasteiger partial charge in [-0.05, 0) is 77.7 Å². The van der Waals surface area contributed by atoms with Crippen LogP contribution in [-0.2, 0) is 4.79 Å². The number of amides is 1. The van der Waals surface area contributed by atoms with Crippen molar-refractivity contribution in [3.8, 4) is 6.07 Å². The fourth-order valence-corrected chi connectivity index (χ4v) is 4.23. The van der Waals surface area contributed by atoms with Crippen LogP contribution in [0.25, 0.3) is 0 Å². The van der Waals surface area contributed by atoms with Gasteiger partial charge in [-0.25, -0.2) is 4.39 Å². The first-order valence-corrected chi connectivity index (χ1v) is 14.3. The maximum absolute atomic E-state index is 14.2. The van der Waals surface area contributed by atoms with Crippen molar-refractivity contribution in [1.29, 1.82) is 5.26 Å². The van der Waals surface area contributed by atoms with Crippen LogP contribution in [0, 0.1) is 23.2 Å². The molecule has 1 amide bonds. The predicted octanol–water partition coefficient (Wildman–Crippen LogP) is 5.75. The van der Waals surface area contributed by atoms with E-state index in [1.54, 1.807) is 27.0 Å². The fraction of sp³-hybridized carbons (Fsp3) is 0.424. The first kappa shape index (κ1) is 34.8. The summed E-state index contributed by atoms with van der Waals surface area (Å²) in [7, 11) is 0. The van der Waals surface area contributed by atoms with Crippen molar-refractivity contribution in [2.45, 2.75) is 73.7 Å². The molecule has 2 aliphatic rings. The number of guanidine groups is 1. The zero-order valence-corrected chi connectivity index (χ0v) is 26.4. The molecule has 2 rings (SSSR count). The second-order valence-corrected chi connectivity index (χ2v) is 11.1. The van der Waals surface area contributed by atoms with E-state index >= 15 is 0 Å². The molecule has 1 heterocycles. The van der Waals surface area contributed by atoms with Gasteiger partial charge in [-0.2, -0.15) is 10.3 Å². The number of nitriles is 1. The van der Waals surface area contributed by atoms with Crippen molar-refractivity contribution in [1.82, 2.24) is 15.5 Å². The molecule has 0 bridgehead atoms. The summed E-state index contributed by atoms with van der Waals surface area (Å²) in [5.74, 6) is -4.18. The Labute approximate surface area is 255 Å². The molecule has 1 aliphatic carbocycles. The lowest BCUT2D eigenvalue weighted by molar-refractivity contribution is -0.146. The topological polar surface area (TPSA) is 125 Å². The number of aliphatic hydroxyl groups is 1. The highest BCUT2D eigenvalue weighted by molar-refractivity contribution is 6.07. The number of aliphatic imine (C=N–C) groups is 3. The maximum atomic E-state index is 14.2. The first-order chi connectivity index (χ1) is 20.2. The summed E-state index contributed by atoms with van der Waals surface area (Å²) >= 11 is 0. The number of hydrogen-bond acceptors (Lipinski definition) is 8. The van der Waals surface area contributed by atoms with Crippen molar-refractivity contribution in [2.24, 2.45) is 26.8 Å². The van der Waals surface area contributed by atoms with E-state index in [-0.39, 0.29) is 30.0 Å². The van der Waals surface area contributed by atoms with Crippen LogP contribution in [0.3, 0.4) is 0 Å². The molecule has 4 atom stereocenters. The molecular weight excluding hydrogens is 545 g/mol. The van der Waals surface area contributed by atoms with E-state index in [9.17, 15) is 19.6 Å². The monoisotopic (exact) mass is 589 g/mol. The average Bonchev–Trinajstić information content (AvgIpc) is 3.15. The summed E-state index contributed by atoms with van der Waals surface area (Å²) < 4.78 is 14.2. The number of halogens is 1. The van der Waals surface area contributed by atoms with E-state index in [0.29, 0.717) is 11.4 Å². The predicted molar refractivity (Wildman–Crippen MR) is 172 cm³/mol. The van der Waals surface area contributed by atoms with Gasteiger partial charge in [0.2, 0.25) is 5.96 Å². The zero-order valence-electron chi connectivity index (χ0n) is 26.4. The minimum absolute atomic E-state index is 0.0164. The van der Waals surface area contributed by atoms with Crippen LogP contribution in [0.15, 0.2) is 98.2 Å². The summed E-state index contributed by atoms with van der Waals surface area (Å²) in [6, 6.07) is 2.02. The van der Waals surface area contributed by atoms with Gasteiger partial charge in [-0.3, -0.25) is 19.7 Å². The maximum Gasteiger partial charge on any atom is 0.320 e. The zero-order chi connectivity index (χ0) is 32.3. The van der Waals surface area contributed by atoms with Gasteiger partial charge in [-0.15, -0.1) is 0 Å². The summed E-state index contributed by atoms with van der Waals surface area (Å²) in [6.45, 7) is 18.6. The van der Waals surface area contributed by atoms with E-state index in [1.807, 2.05) is 38.1 Å². The van der Waals surface area contributed by atoms with Crippen LogP contribution in [-0.4, -0.2) is 52.2 Å². The smallest absolute Gasteiger partial charge is 0.320 e. The Morgan fingerprint density at radius 1 is 1.33 bits per heavy atom. The van der Waals surface area contributed by atoms with Gasteiger partial charge in [0.1, 0.15) is 11.9 Å². The first-order valence-electron chi connectivity index (χ1n) is 14.3. The Hall–Kier alpha value is -4.36. The lowest BCUT2D eigenvalue weighted by Gasteiger charge is -2.25. The molecule has 0 radical (unpaired) electrons. The van der Waals surface area contributed by atoms with Crippen LogP contribution in [0.5, 0.6) is 0 Å². The molecule has 230 valence electrons. The van der Waals surface area contributed by atoms with Crippen LogP contribution >= 0.6 is 0 Å². The van der Waals surface area contributed by atoms with E-state index < -0.39 is 23.5 Å². The van der Waals surface area contributed by atoms with Crippen LogP contribution in [0.1, 0.15) is 61.8 Å². The third-order valence-corrected chi connectivity index (χ3v) is 6.42. The normalized spacial score (nSPS) is 23.6. The van der Waals surface area contributed by atoms with Crippen LogP contribution in [0.2, 0.25) is 0 Å². The molecule has 0 aromatic heterocycles. The molecule has 0 saturated heterocycles. The number of carbonyl (C=O) groups is 1. The summed E-state index contributed by atoms with van der Waals surface area (Å²) in [4.78, 5) is 28.2. The highest BCUT2D eigenvalue weighted by Crippen LogP contribution is 2.24. The number of hydrogen-bond donors (Lipinski definition) is 3. The van der Waals surface area contributed by atoms with Crippen molar-refractivity contribution >= 4 is 23.8 Å². The van der Waals surface area contributed by atoms with E-state index in [2.05, 4.69) is 47.1 Å². The third-order valence-electron chi connectivity index (χ3n) is 6.42. The molecule has 4 unspecified atom stereocenters. The van der Waals surface area contributed by atoms with Crippen LogP contribution in [0.4, 0.5) is 4.39 Å². The highest BCUT2D eigenvalue weighted by atomic mass is 19.1. The Bertz CT molecular complexity index is 1400. The van der Waals surface area contributed by atoms with Gasteiger partial charge in [0.05, 0.1) is 5.57 Å². The largest absolute Gasteiger partial charge is 0.345 e. The molecule has 0 spiro atoms. The fourth-order valence-electron chi connectivity index (χ4n) is 4.23. The third kappa shape index (κ3) is 10.1. The second kappa shape index (κ2) is 15.8. The molecule has 0 saturated carbocycles. The molecule has 10 heteroatoms. The SMILES string of the molecule is C=C(C)C=N/C=C(\C)NC1(O)N=C(NC2=CC(C=C(C)C)C(=NC(C)CC)C=C2)N(CC(C)/C=C(C#N)\C(F)=C/C)C1=O. The highest BCUT2D eigenvalue weighted by Gasteiger charge is 2.48. The van der Waals surface area contributed by atoms with Crippen molar-refractivity contribution < 1.29 is 14.3 Å². The Morgan fingerprint density at radius 2 is 2.02 bits per heavy atom. The molecule has 0 fully saturated rings. The Kier molecular flexibility index (Phi) is 12.8. The summed E-state index contributed by atoms with van der Waals surface area (Å²) in [5, 5.41) is 26.7. The number of nitrogens with zero attached hydrogens (tertiary/aromatic N) is 5. The molecule has 0 aromatic carbocycles. The van der Waals surface area contributed by atoms with Crippen molar-refractivity contribution in [2.75, 3.05) is 6.54 Å². The number of rotatable bonds is 12. The molecular formula is C33H44FN7O2. The lowest BCUT2D eigenvalue weighted by Crippen LogP contribution is -2.53. The Morgan fingerprint density at radius 3 is 2.60 bits per heavy atom. The van der Waals surface area contributed by atoms with E-state index in [4.69, 9.17) is 4.99 Å². The van der Waals surface area contributed by atoms with Gasteiger partial charge in [0, 0.05) is 48.0 Å². The standard InChI is InChI=1S/C33H44FN7O2/c1-10-24(8)37-30-13-12-28(16-26(30)14-21(3)4)38-32-40-33(43,39-25(9)19-36-18-22(5)6)31(42)41(32)20-23(7)15-27(17-35)29(34)11-2/h11-16,18-19,23-24,26,39,43H,5,10,20H2,1-4,6-9H3,(H,38,40)/b25-19+,27-15-,29-11+,36-18?,37-30?. The molecule has 3 N–H and O–H groups in total. The van der Waals surface area contributed by atoms with Gasteiger partial charge in [0.15, 0.2) is 0 Å². The van der Waals surface area contributed by atoms with E-state index in [0.717, 1.165) is 23.3 Å². The Balaban J connectivity index is 2.50. The summed E-state index contributed by atoms with van der Waals surface area (Å²) in [6.07, 6.45) is 14.4. The minimum Gasteiger partial charge on any atom is -0.345 e. The van der Waals surface area contributed by atoms with Gasteiger partial charge in [0.25, 0.3) is 0 Å². The summed E-state index contributed by atoms with van der Waals surface area (Å²) in [5.41, 5.74) is 3.70. The lowest BCUT2D eigenvalue weighted by atomic mass is 9.94. The van der Waals surface area contributed by atoms with Gasteiger partial charge in [-0.1, -0.05) is 44.2 Å². The molecule has 9 nitrogen and oxygen atoms in total. The molecule has 1 aliphatic heterocycles. The average molecular weight is 590 g/mol. The minimum atomic E-state index is -2.32. The van der Waals surface area contributed by atoms with Crippen LogP contribution < -0.4 is 10.6 Å². The van der Waals surface area contributed by atoms with Crippen molar-refractivity contribution in [3.63, 3.8) is 0 Å². The van der Waals surface area contributed by atoms with Gasteiger partial charge < -0.3 is 15.7 Å². The number of allylic oxidation sites excluding steroid dienone is 10. The molecule has 0 aromatic rings.